The van der Waals surface area contributed by atoms with E-state index >= 15 is 0 Å². The van der Waals surface area contributed by atoms with Crippen LogP contribution < -0.4 is 11.1 Å². The van der Waals surface area contributed by atoms with Gasteiger partial charge in [-0.2, -0.15) is 13.2 Å². The van der Waals surface area contributed by atoms with Gasteiger partial charge in [0.25, 0.3) is 5.69 Å². The first kappa shape index (κ1) is 27.6. The number of nitrogens with one attached hydrogen (secondary N) is 1. The molecule has 0 atom stereocenters. The van der Waals surface area contributed by atoms with Gasteiger partial charge in [-0.15, -0.1) is 0 Å². The highest BCUT2D eigenvalue weighted by atomic mass is 32.2. The number of hydrogen-bond acceptors (Lipinski definition) is 9. The first-order chi connectivity index (χ1) is 17.4. The van der Waals surface area contributed by atoms with Crippen molar-refractivity contribution in [2.75, 3.05) is 5.32 Å². The summed E-state index contributed by atoms with van der Waals surface area (Å²) in [5, 5.41) is 24.5. The molecule has 37 heavy (non-hydrogen) atoms. The lowest BCUT2D eigenvalue weighted by atomic mass is 10.1. The largest absolute Gasteiger partial charge is 0.505 e. The van der Waals surface area contributed by atoms with Gasteiger partial charge in [-0.1, -0.05) is 42.2 Å². The fraction of sp³-hybridized carbons (Fsp3) is 0.0833. The Balaban J connectivity index is 1.69. The molecule has 0 fully saturated rings. The van der Waals surface area contributed by atoms with E-state index in [9.17, 15) is 33.2 Å². The number of aromatic nitrogens is 1. The van der Waals surface area contributed by atoms with Crippen LogP contribution in [0.25, 0.3) is 0 Å². The van der Waals surface area contributed by atoms with Crippen molar-refractivity contribution in [3.8, 4) is 5.75 Å². The highest BCUT2D eigenvalue weighted by Crippen LogP contribution is 2.38. The number of nitro benzene ring substituents is 1. The predicted molar refractivity (Wildman–Crippen MR) is 136 cm³/mol. The van der Waals surface area contributed by atoms with Gasteiger partial charge in [-0.25, -0.2) is 4.98 Å². The van der Waals surface area contributed by atoms with Crippen LogP contribution in [0.1, 0.15) is 22.8 Å². The number of Topliss-reactive ketones (excluding diaryl/α,β-unsaturated/α-hetero) is 1. The van der Waals surface area contributed by atoms with Crippen molar-refractivity contribution in [3.05, 3.63) is 104 Å². The van der Waals surface area contributed by atoms with Crippen LogP contribution in [-0.2, 0) is 6.18 Å². The molecule has 8 nitrogen and oxygen atoms in total. The fourth-order valence-corrected chi connectivity index (χ4v) is 4.50. The number of thioether (sulfide) groups is 1. The molecule has 0 saturated heterocycles. The topological polar surface area (TPSA) is 131 Å². The summed E-state index contributed by atoms with van der Waals surface area (Å²) in [5.74, 6) is -1.21. The van der Waals surface area contributed by atoms with Gasteiger partial charge in [0.2, 0.25) is 5.78 Å². The number of para-hydroxylation sites is 1. The van der Waals surface area contributed by atoms with Crippen molar-refractivity contribution >= 4 is 40.7 Å². The predicted octanol–water partition coefficient (Wildman–Crippen LogP) is 6.55. The van der Waals surface area contributed by atoms with E-state index in [1.807, 2.05) is 0 Å². The zero-order valence-corrected chi connectivity index (χ0v) is 20.7. The number of rotatable bonds is 9. The second-order valence-corrected chi connectivity index (χ2v) is 9.61. The third-order valence-corrected chi connectivity index (χ3v) is 6.72. The van der Waals surface area contributed by atoms with E-state index in [1.165, 1.54) is 31.2 Å². The number of alkyl halides is 3. The zero-order chi connectivity index (χ0) is 27.3. The Bertz CT molecular complexity index is 1390. The number of anilines is 1. The molecule has 192 valence electrons. The Kier molecular flexibility index (Phi) is 8.50. The number of carbonyl (C=O) groups is 1. The van der Waals surface area contributed by atoms with Gasteiger partial charge in [0.1, 0.15) is 16.3 Å². The number of nitrogens with two attached hydrogens (primary N) is 1. The summed E-state index contributed by atoms with van der Waals surface area (Å²) in [7, 11) is 0. The van der Waals surface area contributed by atoms with E-state index in [1.54, 1.807) is 24.3 Å². The van der Waals surface area contributed by atoms with Crippen LogP contribution in [0.5, 0.6) is 5.75 Å². The number of benzene rings is 2. The van der Waals surface area contributed by atoms with Gasteiger partial charge >= 0.3 is 6.18 Å². The van der Waals surface area contributed by atoms with Gasteiger partial charge in [-0.05, 0) is 43.3 Å². The number of hydrogen-bond donors (Lipinski definition) is 3. The minimum atomic E-state index is -4.61. The highest BCUT2D eigenvalue weighted by molar-refractivity contribution is 8.07. The van der Waals surface area contributed by atoms with Crippen molar-refractivity contribution in [2.45, 2.75) is 23.0 Å². The van der Waals surface area contributed by atoms with Crippen LogP contribution in [0.4, 0.5) is 24.5 Å². The monoisotopic (exact) mass is 548 g/mol. The minimum Gasteiger partial charge on any atom is -0.505 e. The summed E-state index contributed by atoms with van der Waals surface area (Å²) < 4.78 is 38.2. The standard InChI is InChI=1S/C24H19F3N4O4S2/c1-13(28)22(21(33)18-5-3-4-6-19(18)31(34)35)36-14(2)30-16-7-9-17(10-8-16)37-23-20(32)11-15(12-29-23)24(25,26)27/h3-12,30,32H,2,28H2,1H3/b22-13+. The van der Waals surface area contributed by atoms with E-state index in [2.05, 4.69) is 16.9 Å². The van der Waals surface area contributed by atoms with Crippen LogP contribution >= 0.6 is 23.5 Å². The molecule has 0 amide bonds. The molecule has 0 aliphatic carbocycles. The van der Waals surface area contributed by atoms with Crippen molar-refractivity contribution in [1.82, 2.24) is 4.98 Å². The number of pyridine rings is 1. The molecule has 13 heteroatoms. The SMILES string of the molecule is C=C(Nc1ccc(Sc2ncc(C(F)(F)F)cc2O)cc1)S/C(C(=O)c1ccccc1[N+](=O)[O-])=C(\C)N. The minimum absolute atomic E-state index is 0.00962. The highest BCUT2D eigenvalue weighted by Gasteiger charge is 2.32. The lowest BCUT2D eigenvalue weighted by Crippen LogP contribution is -2.11. The third kappa shape index (κ3) is 7.05. The van der Waals surface area contributed by atoms with E-state index in [0.717, 1.165) is 23.5 Å². The summed E-state index contributed by atoms with van der Waals surface area (Å²) in [6.45, 7) is 5.37. The molecule has 0 aliphatic rings. The van der Waals surface area contributed by atoms with Gasteiger partial charge < -0.3 is 16.2 Å². The third-order valence-electron chi connectivity index (χ3n) is 4.65. The lowest BCUT2D eigenvalue weighted by Gasteiger charge is -2.13. The van der Waals surface area contributed by atoms with Crippen LogP contribution in [0, 0.1) is 10.1 Å². The Labute approximate surface area is 217 Å². The van der Waals surface area contributed by atoms with Crippen molar-refractivity contribution in [2.24, 2.45) is 5.73 Å². The van der Waals surface area contributed by atoms with Crippen molar-refractivity contribution < 1.29 is 28.0 Å². The Morgan fingerprint density at radius 3 is 2.41 bits per heavy atom. The first-order valence-electron chi connectivity index (χ1n) is 10.3. The Morgan fingerprint density at radius 1 is 1.19 bits per heavy atom. The maximum absolute atomic E-state index is 13.0. The number of halogens is 3. The van der Waals surface area contributed by atoms with Crippen LogP contribution in [0.15, 0.2) is 92.9 Å². The number of ketones is 1. The van der Waals surface area contributed by atoms with Crippen molar-refractivity contribution in [1.29, 1.82) is 0 Å². The second-order valence-electron chi connectivity index (χ2n) is 7.44. The molecular formula is C24H19F3N4O4S2. The summed E-state index contributed by atoms with van der Waals surface area (Å²) in [4.78, 5) is 28.0. The molecule has 0 spiro atoms. The maximum Gasteiger partial charge on any atom is 0.418 e. The molecule has 0 unspecified atom stereocenters. The average Bonchev–Trinajstić information content (AvgIpc) is 2.83. The smallest absolute Gasteiger partial charge is 0.418 e. The Hall–Kier alpha value is -3.97. The average molecular weight is 549 g/mol. The molecule has 3 aromatic rings. The van der Waals surface area contributed by atoms with Gasteiger partial charge in [0.05, 0.1) is 20.4 Å². The maximum atomic E-state index is 13.0. The van der Waals surface area contributed by atoms with Gasteiger partial charge in [0, 0.05) is 28.5 Å². The summed E-state index contributed by atoms with van der Waals surface area (Å²) in [5.41, 5.74) is 5.12. The normalized spacial score (nSPS) is 12.0. The molecule has 0 saturated carbocycles. The fourth-order valence-electron chi connectivity index (χ4n) is 2.95. The van der Waals surface area contributed by atoms with Crippen LogP contribution in [0.3, 0.4) is 0 Å². The number of aromatic hydroxyl groups is 1. The number of carbonyl (C=O) groups excluding carboxylic acids is 1. The van der Waals surface area contributed by atoms with Gasteiger partial charge in [-0.3, -0.25) is 14.9 Å². The molecule has 0 aliphatic heterocycles. The summed E-state index contributed by atoms with van der Waals surface area (Å²) in [6.07, 6.45) is -3.96. The van der Waals surface area contributed by atoms with Crippen LogP contribution in [0.2, 0.25) is 0 Å². The van der Waals surface area contributed by atoms with Crippen molar-refractivity contribution in [3.63, 3.8) is 0 Å². The second kappa shape index (κ2) is 11.4. The number of nitro groups is 1. The zero-order valence-electron chi connectivity index (χ0n) is 19.1. The molecule has 1 heterocycles. The molecular weight excluding hydrogens is 529 g/mol. The first-order valence-corrected chi connectivity index (χ1v) is 11.9. The number of allylic oxidation sites excluding steroid dienone is 2. The lowest BCUT2D eigenvalue weighted by molar-refractivity contribution is -0.385. The Morgan fingerprint density at radius 2 is 1.84 bits per heavy atom. The molecule has 3 rings (SSSR count). The molecule has 1 aromatic heterocycles. The van der Waals surface area contributed by atoms with E-state index in [-0.39, 0.29) is 26.9 Å². The van der Waals surface area contributed by atoms with E-state index in [0.29, 0.717) is 27.9 Å². The summed E-state index contributed by atoms with van der Waals surface area (Å²) >= 11 is 1.89. The molecule has 4 N–H and O–H groups in total. The van der Waals surface area contributed by atoms with Crippen LogP contribution in [-0.4, -0.2) is 20.8 Å². The molecule has 0 radical (unpaired) electrons. The van der Waals surface area contributed by atoms with E-state index in [4.69, 9.17) is 5.73 Å². The summed E-state index contributed by atoms with van der Waals surface area (Å²) in [6, 6.07) is 12.8. The quantitative estimate of drug-likeness (QED) is 0.118. The molecule has 0 bridgehead atoms. The van der Waals surface area contributed by atoms with Gasteiger partial charge in [0.15, 0.2) is 0 Å². The number of nitrogens with zero attached hydrogens (tertiary/aromatic N) is 2. The molecule has 2 aromatic carbocycles. The van der Waals surface area contributed by atoms with E-state index < -0.39 is 28.2 Å².